The number of fused-ring (bicyclic) bond motifs is 1. The van der Waals surface area contributed by atoms with Crippen molar-refractivity contribution >= 4 is 10.9 Å². The lowest BCUT2D eigenvalue weighted by Crippen LogP contribution is -2.23. The number of hydrogen-bond donors (Lipinski definition) is 2. The molecule has 0 fully saturated rings. The number of benzene rings is 2. The van der Waals surface area contributed by atoms with Gasteiger partial charge in [-0.25, -0.2) is 0 Å². The molecule has 3 N–H and O–H groups in total. The zero-order valence-corrected chi connectivity index (χ0v) is 29.2. The standard InChI is InChI=1S/C41H56N4O/c1-9-11-23-41(6,7)28-37-36-27-34(33-17-12-16-32(26-33)20-19-30(4)29(3)15-13-25-44-42)21-22-38(36)45(10-2)40(37)35-18-14-24-43-39(35)31(5)46-8/h9,12,14,16-18,21-22,24,26-27,29,31,44H,1,4,10-11,13,15,19-20,23,25,28,42H2,2-3,5-8H3. The topological polar surface area (TPSA) is 65.1 Å². The Balaban J connectivity index is 1.78. The van der Waals surface area contributed by atoms with E-state index in [9.17, 15) is 0 Å². The maximum Gasteiger partial charge on any atom is 0.0969 e. The molecule has 4 aromatic rings. The van der Waals surface area contributed by atoms with Crippen molar-refractivity contribution in [2.24, 2.45) is 17.2 Å². The molecule has 0 spiro atoms. The maximum absolute atomic E-state index is 5.80. The number of methoxy groups -OCH3 is 1. The number of aryl methyl sites for hydroxylation is 2. The maximum atomic E-state index is 5.80. The normalized spacial score (nSPS) is 13.2. The molecule has 0 aliphatic rings. The SMILES string of the molecule is C=CCCC(C)(C)Cc1c(-c2cccnc2C(C)OC)n(CC)c2ccc(-c3cccc(CCC(=C)C(C)CCCNN)c3)cc12. The first kappa shape index (κ1) is 35.3. The van der Waals surface area contributed by atoms with Gasteiger partial charge in [0.2, 0.25) is 0 Å². The summed E-state index contributed by atoms with van der Waals surface area (Å²) in [6.07, 6.45) is 11.0. The van der Waals surface area contributed by atoms with E-state index in [0.29, 0.717) is 5.92 Å². The molecule has 2 heterocycles. The van der Waals surface area contributed by atoms with Gasteiger partial charge in [-0.2, -0.15) is 0 Å². The van der Waals surface area contributed by atoms with Gasteiger partial charge >= 0.3 is 0 Å². The van der Waals surface area contributed by atoms with Crippen molar-refractivity contribution in [1.29, 1.82) is 0 Å². The molecule has 0 aliphatic carbocycles. The molecule has 2 aromatic heterocycles. The van der Waals surface area contributed by atoms with Crippen LogP contribution >= 0.6 is 0 Å². The number of nitrogens with one attached hydrogen (secondary N) is 1. The molecule has 0 bridgehead atoms. The predicted octanol–water partition coefficient (Wildman–Crippen LogP) is 10.0. The fourth-order valence-electron chi connectivity index (χ4n) is 6.70. The lowest BCUT2D eigenvalue weighted by molar-refractivity contribution is 0.116. The van der Waals surface area contributed by atoms with E-state index in [4.69, 9.17) is 15.6 Å². The van der Waals surface area contributed by atoms with E-state index >= 15 is 0 Å². The highest BCUT2D eigenvalue weighted by Gasteiger charge is 2.27. The van der Waals surface area contributed by atoms with E-state index in [1.165, 1.54) is 44.4 Å². The molecule has 0 aliphatic heterocycles. The van der Waals surface area contributed by atoms with Crippen LogP contribution in [0.25, 0.3) is 33.3 Å². The average molecular weight is 621 g/mol. The molecule has 46 heavy (non-hydrogen) atoms. The Kier molecular flexibility index (Phi) is 12.6. The lowest BCUT2D eigenvalue weighted by atomic mass is 9.80. The largest absolute Gasteiger partial charge is 0.375 e. The van der Waals surface area contributed by atoms with Gasteiger partial charge in [0.1, 0.15) is 0 Å². The number of allylic oxidation sites excluding steroid dienone is 2. The summed E-state index contributed by atoms with van der Waals surface area (Å²) in [5.41, 5.74) is 14.1. The molecule has 5 nitrogen and oxygen atoms in total. The van der Waals surface area contributed by atoms with Gasteiger partial charge in [0.25, 0.3) is 0 Å². The van der Waals surface area contributed by atoms with Crippen LogP contribution in [0.15, 0.2) is 85.6 Å². The van der Waals surface area contributed by atoms with Crippen LogP contribution in [-0.4, -0.2) is 23.2 Å². The fraction of sp³-hybridized carbons (Fsp3) is 0.439. The van der Waals surface area contributed by atoms with Crippen LogP contribution in [0, 0.1) is 11.3 Å². The second kappa shape index (κ2) is 16.4. The zero-order valence-electron chi connectivity index (χ0n) is 29.2. The number of pyridine rings is 1. The smallest absolute Gasteiger partial charge is 0.0969 e. The molecule has 0 amide bonds. The zero-order chi connectivity index (χ0) is 33.3. The summed E-state index contributed by atoms with van der Waals surface area (Å²) in [4.78, 5) is 4.83. The molecule has 0 saturated heterocycles. The van der Waals surface area contributed by atoms with Gasteiger partial charge in [0.15, 0.2) is 0 Å². The van der Waals surface area contributed by atoms with Crippen molar-refractivity contribution in [3.8, 4) is 22.4 Å². The van der Waals surface area contributed by atoms with Crippen LogP contribution in [0.3, 0.4) is 0 Å². The Morgan fingerprint density at radius 3 is 2.61 bits per heavy atom. The highest BCUT2D eigenvalue weighted by Crippen LogP contribution is 2.42. The van der Waals surface area contributed by atoms with E-state index in [2.05, 4.69) is 112 Å². The number of nitrogens with zero attached hydrogens (tertiary/aromatic N) is 2. The number of hydrazine groups is 1. The lowest BCUT2D eigenvalue weighted by Gasteiger charge is -2.25. The van der Waals surface area contributed by atoms with Crippen LogP contribution < -0.4 is 11.3 Å². The van der Waals surface area contributed by atoms with Crippen molar-refractivity contribution in [3.63, 3.8) is 0 Å². The molecular formula is C41H56N4O. The molecule has 5 heteroatoms. The highest BCUT2D eigenvalue weighted by atomic mass is 16.5. The number of nitrogens with two attached hydrogens (primary N) is 1. The van der Waals surface area contributed by atoms with Crippen LogP contribution in [-0.2, 0) is 24.1 Å². The Bertz CT molecular complexity index is 1610. The monoisotopic (exact) mass is 620 g/mol. The minimum Gasteiger partial charge on any atom is -0.375 e. The number of rotatable bonds is 18. The number of ether oxygens (including phenoxy) is 1. The summed E-state index contributed by atoms with van der Waals surface area (Å²) < 4.78 is 8.28. The van der Waals surface area contributed by atoms with Crippen LogP contribution in [0.1, 0.15) is 89.6 Å². The molecule has 4 rings (SSSR count). The molecule has 0 saturated carbocycles. The van der Waals surface area contributed by atoms with Gasteiger partial charge in [0, 0.05) is 42.9 Å². The molecule has 2 unspecified atom stereocenters. The predicted molar refractivity (Wildman–Crippen MR) is 197 cm³/mol. The van der Waals surface area contributed by atoms with E-state index in [-0.39, 0.29) is 11.5 Å². The van der Waals surface area contributed by atoms with E-state index in [0.717, 1.165) is 69.3 Å². The first-order valence-electron chi connectivity index (χ1n) is 17.1. The molecule has 2 aromatic carbocycles. The van der Waals surface area contributed by atoms with Gasteiger partial charge in [-0.1, -0.05) is 69.3 Å². The second-order valence-corrected chi connectivity index (χ2v) is 13.6. The first-order chi connectivity index (χ1) is 22.1. The third-order valence-electron chi connectivity index (χ3n) is 9.65. The van der Waals surface area contributed by atoms with Crippen molar-refractivity contribution in [1.82, 2.24) is 15.0 Å². The van der Waals surface area contributed by atoms with Crippen LogP contribution in [0.4, 0.5) is 0 Å². The minimum atomic E-state index is -0.110. The van der Waals surface area contributed by atoms with Crippen LogP contribution in [0.2, 0.25) is 0 Å². The Morgan fingerprint density at radius 2 is 1.89 bits per heavy atom. The van der Waals surface area contributed by atoms with Gasteiger partial charge in [-0.3, -0.25) is 16.3 Å². The summed E-state index contributed by atoms with van der Waals surface area (Å²) in [5.74, 6) is 5.95. The van der Waals surface area contributed by atoms with Gasteiger partial charge < -0.3 is 9.30 Å². The van der Waals surface area contributed by atoms with E-state index in [1.54, 1.807) is 7.11 Å². The molecular weight excluding hydrogens is 564 g/mol. The van der Waals surface area contributed by atoms with Crippen molar-refractivity contribution < 1.29 is 4.74 Å². The summed E-state index contributed by atoms with van der Waals surface area (Å²) in [7, 11) is 1.76. The third-order valence-corrected chi connectivity index (χ3v) is 9.65. The summed E-state index contributed by atoms with van der Waals surface area (Å²) in [6.45, 7) is 21.5. The number of hydrogen-bond acceptors (Lipinski definition) is 4. The second-order valence-electron chi connectivity index (χ2n) is 13.6. The quantitative estimate of drug-likeness (QED) is 0.0503. The molecule has 2 atom stereocenters. The van der Waals surface area contributed by atoms with Gasteiger partial charge in [-0.05, 0) is 117 Å². The Morgan fingerprint density at radius 1 is 1.11 bits per heavy atom. The van der Waals surface area contributed by atoms with E-state index < -0.39 is 0 Å². The van der Waals surface area contributed by atoms with Crippen LogP contribution in [0.5, 0.6) is 0 Å². The fourth-order valence-corrected chi connectivity index (χ4v) is 6.70. The summed E-state index contributed by atoms with van der Waals surface area (Å²) >= 11 is 0. The van der Waals surface area contributed by atoms with Crippen molar-refractivity contribution in [2.75, 3.05) is 13.7 Å². The minimum absolute atomic E-state index is 0.0985. The third kappa shape index (κ3) is 8.44. The Hall–Kier alpha value is -3.51. The first-order valence-corrected chi connectivity index (χ1v) is 17.1. The molecule has 246 valence electrons. The highest BCUT2D eigenvalue weighted by molar-refractivity contribution is 5.95. The Labute approximate surface area is 277 Å². The number of aromatic nitrogens is 2. The van der Waals surface area contributed by atoms with Crippen molar-refractivity contribution in [3.05, 3.63) is 102 Å². The average Bonchev–Trinajstić information content (AvgIpc) is 3.37. The van der Waals surface area contributed by atoms with Gasteiger partial charge in [-0.15, -0.1) is 6.58 Å². The molecule has 0 radical (unpaired) electrons. The van der Waals surface area contributed by atoms with Gasteiger partial charge in [0.05, 0.1) is 17.5 Å². The summed E-state index contributed by atoms with van der Waals surface area (Å²) in [5, 5.41) is 1.32. The van der Waals surface area contributed by atoms with Crippen molar-refractivity contribution in [2.45, 2.75) is 92.2 Å². The summed E-state index contributed by atoms with van der Waals surface area (Å²) in [6, 6.07) is 20.4. The van der Waals surface area contributed by atoms with E-state index in [1.807, 2.05) is 12.3 Å².